The molecule has 4 nitrogen and oxygen atoms in total. The van der Waals surface area contributed by atoms with Crippen LogP contribution >= 0.6 is 11.6 Å². The van der Waals surface area contributed by atoms with E-state index in [1.807, 2.05) is 4.57 Å². The molecule has 1 saturated heterocycles. The van der Waals surface area contributed by atoms with Crippen LogP contribution in [0.5, 0.6) is 0 Å². The maximum Gasteiger partial charge on any atom is 0.245 e. The van der Waals surface area contributed by atoms with Gasteiger partial charge in [0.25, 0.3) is 0 Å². The van der Waals surface area contributed by atoms with Gasteiger partial charge in [-0.3, -0.25) is 4.79 Å². The van der Waals surface area contributed by atoms with Crippen molar-refractivity contribution in [3.63, 3.8) is 0 Å². The Morgan fingerprint density at radius 1 is 1.50 bits per heavy atom. The van der Waals surface area contributed by atoms with Crippen molar-refractivity contribution in [2.75, 3.05) is 19.5 Å². The van der Waals surface area contributed by atoms with E-state index in [0.717, 1.165) is 0 Å². The van der Waals surface area contributed by atoms with Crippen LogP contribution in [0.2, 0.25) is 0 Å². The summed E-state index contributed by atoms with van der Waals surface area (Å²) in [5, 5.41) is 0. The smallest absolute Gasteiger partial charge is 0.245 e. The summed E-state index contributed by atoms with van der Waals surface area (Å²) in [7, 11) is 1.78. The van der Waals surface area contributed by atoms with Gasteiger partial charge in [-0.05, 0) is 18.6 Å². The first kappa shape index (κ1) is 13.4. The monoisotopic (exact) mass is 295 g/mol. The van der Waals surface area contributed by atoms with Crippen LogP contribution in [-0.2, 0) is 11.2 Å². The fraction of sp³-hybridized carbons (Fsp3) is 0.429. The van der Waals surface area contributed by atoms with Gasteiger partial charge in [-0.1, -0.05) is 6.07 Å². The number of benzene rings is 1. The molecular formula is C14H15ClFN3O. The summed E-state index contributed by atoms with van der Waals surface area (Å²) < 4.78 is 15.7. The third-order valence-corrected chi connectivity index (χ3v) is 3.96. The molecule has 0 bridgehead atoms. The van der Waals surface area contributed by atoms with Crippen LogP contribution < -0.4 is 0 Å². The fourth-order valence-electron chi connectivity index (χ4n) is 2.78. The Kier molecular flexibility index (Phi) is 3.38. The highest BCUT2D eigenvalue weighted by molar-refractivity contribution is 6.17. The average molecular weight is 296 g/mol. The first-order valence-corrected chi connectivity index (χ1v) is 7.13. The van der Waals surface area contributed by atoms with Gasteiger partial charge < -0.3 is 9.47 Å². The van der Waals surface area contributed by atoms with E-state index in [1.54, 1.807) is 24.1 Å². The van der Waals surface area contributed by atoms with Crippen molar-refractivity contribution in [1.82, 2.24) is 14.5 Å². The maximum atomic E-state index is 13.9. The maximum absolute atomic E-state index is 13.9. The molecule has 20 heavy (non-hydrogen) atoms. The summed E-state index contributed by atoms with van der Waals surface area (Å²) in [5.41, 5.74) is 0.980. The third kappa shape index (κ3) is 1.97. The highest BCUT2D eigenvalue weighted by Gasteiger charge is 2.33. The molecule has 106 valence electrons. The molecule has 0 saturated carbocycles. The summed E-state index contributed by atoms with van der Waals surface area (Å²) >= 11 is 5.80. The molecule has 1 atom stereocenters. The minimum Gasteiger partial charge on any atom is -0.344 e. The molecule has 0 spiro atoms. The standard InChI is InChI=1S/C14H15ClFN3O/c1-18-8-6-11(14(18)20)19-10-4-2-3-9(16)13(10)17-12(19)5-7-15/h2-4,11H,5-8H2,1H3. The van der Waals surface area contributed by atoms with Gasteiger partial charge in [0.05, 0.1) is 5.52 Å². The quantitative estimate of drug-likeness (QED) is 0.815. The van der Waals surface area contributed by atoms with Gasteiger partial charge in [-0.15, -0.1) is 11.6 Å². The Bertz CT molecular complexity index is 670. The first-order chi connectivity index (χ1) is 9.63. The van der Waals surface area contributed by atoms with Gasteiger partial charge >= 0.3 is 0 Å². The van der Waals surface area contributed by atoms with Crippen molar-refractivity contribution in [3.8, 4) is 0 Å². The second-order valence-electron chi connectivity index (χ2n) is 5.01. The van der Waals surface area contributed by atoms with E-state index in [2.05, 4.69) is 4.98 Å². The largest absolute Gasteiger partial charge is 0.344 e. The SMILES string of the molecule is CN1CCC(n2c(CCCl)nc3c(F)cccc32)C1=O. The molecule has 0 radical (unpaired) electrons. The number of nitrogens with zero attached hydrogens (tertiary/aromatic N) is 3. The first-order valence-electron chi connectivity index (χ1n) is 6.59. The number of likely N-dealkylation sites (tertiary alicyclic amines) is 1. The Balaban J connectivity index is 2.19. The Hall–Kier alpha value is -1.62. The molecule has 6 heteroatoms. The Morgan fingerprint density at radius 2 is 2.30 bits per heavy atom. The lowest BCUT2D eigenvalue weighted by Gasteiger charge is -2.15. The molecule has 1 aromatic heterocycles. The summed E-state index contributed by atoms with van der Waals surface area (Å²) in [6, 6.07) is 4.52. The minimum atomic E-state index is -0.365. The van der Waals surface area contributed by atoms with Crippen LogP contribution in [0.3, 0.4) is 0 Å². The molecule has 2 heterocycles. The van der Waals surface area contributed by atoms with Gasteiger partial charge in [0.15, 0.2) is 5.82 Å². The zero-order valence-corrected chi connectivity index (χ0v) is 11.9. The van der Waals surface area contributed by atoms with Crippen LogP contribution in [0.4, 0.5) is 4.39 Å². The molecule has 1 aromatic carbocycles. The summed E-state index contributed by atoms with van der Waals surface area (Å²) in [6.45, 7) is 0.707. The Labute approximate surface area is 121 Å². The number of fused-ring (bicyclic) bond motifs is 1. The van der Waals surface area contributed by atoms with Crippen LogP contribution in [0.1, 0.15) is 18.3 Å². The van der Waals surface area contributed by atoms with Crippen molar-refractivity contribution in [2.45, 2.75) is 18.9 Å². The number of likely N-dealkylation sites (N-methyl/N-ethyl adjacent to an activating group) is 1. The number of alkyl halides is 1. The fourth-order valence-corrected chi connectivity index (χ4v) is 2.95. The van der Waals surface area contributed by atoms with E-state index in [-0.39, 0.29) is 17.8 Å². The van der Waals surface area contributed by atoms with Crippen LogP contribution in [0, 0.1) is 5.82 Å². The normalized spacial score (nSPS) is 19.2. The minimum absolute atomic E-state index is 0.0457. The number of aromatic nitrogens is 2. The lowest BCUT2D eigenvalue weighted by molar-refractivity contribution is -0.129. The average Bonchev–Trinajstić information content (AvgIpc) is 2.94. The lowest BCUT2D eigenvalue weighted by Crippen LogP contribution is -2.25. The van der Waals surface area contributed by atoms with Crippen molar-refractivity contribution in [1.29, 1.82) is 0 Å². The number of rotatable bonds is 3. The van der Waals surface area contributed by atoms with E-state index in [0.29, 0.717) is 42.1 Å². The van der Waals surface area contributed by atoms with Crippen molar-refractivity contribution in [2.24, 2.45) is 0 Å². The van der Waals surface area contributed by atoms with Crippen LogP contribution in [-0.4, -0.2) is 39.8 Å². The number of amides is 1. The summed E-state index contributed by atoms with van der Waals surface area (Å²) in [5.74, 6) is 0.746. The number of carbonyl (C=O) groups excluding carboxylic acids is 1. The molecule has 1 aliphatic rings. The van der Waals surface area contributed by atoms with Gasteiger partial charge in [-0.25, -0.2) is 9.37 Å². The number of carbonyl (C=O) groups is 1. The van der Waals surface area contributed by atoms with Crippen molar-refractivity contribution in [3.05, 3.63) is 29.8 Å². The number of hydrogen-bond acceptors (Lipinski definition) is 2. The predicted octanol–water partition coefficient (Wildman–Crippen LogP) is 2.36. The van der Waals surface area contributed by atoms with Crippen LogP contribution in [0.25, 0.3) is 11.0 Å². The van der Waals surface area contributed by atoms with Crippen molar-refractivity contribution < 1.29 is 9.18 Å². The van der Waals surface area contributed by atoms with Crippen molar-refractivity contribution >= 4 is 28.5 Å². The predicted molar refractivity (Wildman–Crippen MR) is 75.4 cm³/mol. The van der Waals surface area contributed by atoms with E-state index in [4.69, 9.17) is 11.6 Å². The number of halogens is 2. The molecule has 1 aliphatic heterocycles. The third-order valence-electron chi connectivity index (χ3n) is 3.77. The topological polar surface area (TPSA) is 38.1 Å². The number of hydrogen-bond donors (Lipinski definition) is 0. The van der Waals surface area contributed by atoms with Gasteiger partial charge in [-0.2, -0.15) is 0 Å². The molecule has 0 N–H and O–H groups in total. The highest BCUT2D eigenvalue weighted by Crippen LogP contribution is 2.29. The van der Waals surface area contributed by atoms with E-state index in [9.17, 15) is 9.18 Å². The van der Waals surface area contributed by atoms with E-state index in [1.165, 1.54) is 6.07 Å². The number of para-hydroxylation sites is 1. The molecule has 1 unspecified atom stereocenters. The number of aryl methyl sites for hydroxylation is 1. The van der Waals surface area contributed by atoms with Gasteiger partial charge in [0.1, 0.15) is 17.4 Å². The second kappa shape index (κ2) is 5.05. The Morgan fingerprint density at radius 3 is 2.95 bits per heavy atom. The summed E-state index contributed by atoms with van der Waals surface area (Å²) in [6.07, 6.45) is 1.23. The highest BCUT2D eigenvalue weighted by atomic mass is 35.5. The lowest BCUT2D eigenvalue weighted by atomic mass is 10.2. The van der Waals surface area contributed by atoms with Gasteiger partial charge in [0, 0.05) is 25.9 Å². The van der Waals surface area contributed by atoms with E-state index >= 15 is 0 Å². The number of imidazole rings is 1. The van der Waals surface area contributed by atoms with Crippen LogP contribution in [0.15, 0.2) is 18.2 Å². The molecule has 2 aromatic rings. The molecule has 0 aliphatic carbocycles. The summed E-state index contributed by atoms with van der Waals surface area (Å²) in [4.78, 5) is 18.3. The molecular weight excluding hydrogens is 281 g/mol. The second-order valence-corrected chi connectivity index (χ2v) is 5.39. The molecule has 3 rings (SSSR count). The van der Waals surface area contributed by atoms with Gasteiger partial charge in [0.2, 0.25) is 5.91 Å². The molecule has 1 amide bonds. The zero-order chi connectivity index (χ0) is 14.3. The zero-order valence-electron chi connectivity index (χ0n) is 11.1. The molecule has 1 fully saturated rings. The van der Waals surface area contributed by atoms with E-state index < -0.39 is 0 Å².